The first-order valence-corrected chi connectivity index (χ1v) is 8.15. The number of carboxylic acids is 1. The van der Waals surface area contributed by atoms with E-state index in [0.29, 0.717) is 13.0 Å². The highest BCUT2D eigenvalue weighted by Crippen LogP contribution is 2.24. The van der Waals surface area contributed by atoms with Crippen molar-refractivity contribution < 1.29 is 14.7 Å². The van der Waals surface area contributed by atoms with Crippen LogP contribution < -0.4 is 5.32 Å². The molecule has 0 atom stereocenters. The van der Waals surface area contributed by atoms with Gasteiger partial charge in [0.15, 0.2) is 0 Å². The predicted molar refractivity (Wildman–Crippen MR) is 80.3 cm³/mol. The first kappa shape index (κ1) is 16.1. The van der Waals surface area contributed by atoms with Crippen molar-refractivity contribution in [2.45, 2.75) is 51.0 Å². The lowest BCUT2D eigenvalue weighted by molar-refractivity contribution is -0.137. The van der Waals surface area contributed by atoms with Gasteiger partial charge in [0.05, 0.1) is 0 Å². The van der Waals surface area contributed by atoms with Crippen LogP contribution in [0.2, 0.25) is 0 Å². The van der Waals surface area contributed by atoms with Crippen molar-refractivity contribution in [2.75, 3.05) is 32.7 Å². The smallest absolute Gasteiger partial charge is 0.317 e. The van der Waals surface area contributed by atoms with Crippen LogP contribution in [0.4, 0.5) is 4.79 Å². The molecule has 0 aromatic heterocycles. The Morgan fingerprint density at radius 3 is 2.33 bits per heavy atom. The van der Waals surface area contributed by atoms with Crippen molar-refractivity contribution >= 4 is 12.0 Å². The van der Waals surface area contributed by atoms with Gasteiger partial charge >= 0.3 is 12.0 Å². The topological polar surface area (TPSA) is 72.9 Å². The maximum atomic E-state index is 12.0. The zero-order valence-electron chi connectivity index (χ0n) is 12.7. The van der Waals surface area contributed by atoms with Crippen molar-refractivity contribution in [1.82, 2.24) is 15.1 Å². The Balaban J connectivity index is 1.58. The lowest BCUT2D eigenvalue weighted by atomic mass is 10.2. The number of hydrogen-bond acceptors (Lipinski definition) is 3. The Morgan fingerprint density at radius 2 is 1.71 bits per heavy atom. The van der Waals surface area contributed by atoms with E-state index in [2.05, 4.69) is 10.2 Å². The average Bonchev–Trinajstić information content (AvgIpc) is 3.01. The summed E-state index contributed by atoms with van der Waals surface area (Å²) in [5.41, 5.74) is 0. The number of rotatable bonds is 6. The maximum absolute atomic E-state index is 12.0. The molecule has 0 aromatic rings. The Labute approximate surface area is 126 Å². The number of carboxylic acid groups (broad SMARTS) is 1. The van der Waals surface area contributed by atoms with Crippen LogP contribution in [-0.2, 0) is 4.79 Å². The molecule has 0 spiro atoms. The van der Waals surface area contributed by atoms with Gasteiger partial charge in [-0.3, -0.25) is 9.69 Å². The Morgan fingerprint density at radius 1 is 1.05 bits per heavy atom. The lowest BCUT2D eigenvalue weighted by Crippen LogP contribution is -2.53. The van der Waals surface area contributed by atoms with E-state index in [1.54, 1.807) is 0 Å². The normalized spacial score (nSPS) is 20.7. The van der Waals surface area contributed by atoms with Crippen molar-refractivity contribution in [2.24, 2.45) is 0 Å². The van der Waals surface area contributed by atoms with Crippen LogP contribution in [0.15, 0.2) is 0 Å². The Kier molecular flexibility index (Phi) is 6.29. The number of urea groups is 1. The standard InChI is InChI=1S/C15H27N3O3/c19-14(20)7-3-4-8-16-15(21)18-11-9-17(10-12-18)13-5-1-2-6-13/h13H,1-12H2,(H,16,21)(H,19,20). The number of carbonyl (C=O) groups excluding carboxylic acids is 1. The molecular weight excluding hydrogens is 270 g/mol. The van der Waals surface area contributed by atoms with Gasteiger partial charge in [-0.15, -0.1) is 0 Å². The van der Waals surface area contributed by atoms with E-state index < -0.39 is 5.97 Å². The zero-order chi connectivity index (χ0) is 15.1. The molecule has 2 aliphatic rings. The number of piperazine rings is 1. The molecule has 120 valence electrons. The number of hydrogen-bond donors (Lipinski definition) is 2. The van der Waals surface area contributed by atoms with E-state index in [1.807, 2.05) is 4.90 Å². The fourth-order valence-electron chi connectivity index (χ4n) is 3.27. The molecule has 21 heavy (non-hydrogen) atoms. The van der Waals surface area contributed by atoms with E-state index in [0.717, 1.165) is 38.6 Å². The molecule has 0 bridgehead atoms. The summed E-state index contributed by atoms with van der Waals surface area (Å²) in [5, 5.41) is 11.4. The zero-order valence-corrected chi connectivity index (χ0v) is 12.7. The van der Waals surface area contributed by atoms with Gasteiger partial charge in [0.2, 0.25) is 0 Å². The molecule has 6 heteroatoms. The quantitative estimate of drug-likeness (QED) is 0.729. The highest BCUT2D eigenvalue weighted by Gasteiger charge is 2.27. The van der Waals surface area contributed by atoms with Crippen LogP contribution >= 0.6 is 0 Å². The van der Waals surface area contributed by atoms with E-state index in [9.17, 15) is 9.59 Å². The minimum atomic E-state index is -0.774. The lowest BCUT2D eigenvalue weighted by Gasteiger charge is -2.38. The van der Waals surface area contributed by atoms with Crippen molar-refractivity contribution in [1.29, 1.82) is 0 Å². The molecule has 0 unspecified atom stereocenters. The number of amides is 2. The summed E-state index contributed by atoms with van der Waals surface area (Å²) in [6.07, 6.45) is 6.84. The van der Waals surface area contributed by atoms with Gasteiger partial charge in [0, 0.05) is 45.2 Å². The van der Waals surface area contributed by atoms with E-state index in [1.165, 1.54) is 25.7 Å². The summed E-state index contributed by atoms with van der Waals surface area (Å²) in [6, 6.07) is 0.739. The molecule has 2 N–H and O–H groups in total. The molecule has 1 aliphatic carbocycles. The molecule has 1 heterocycles. The summed E-state index contributed by atoms with van der Waals surface area (Å²) in [4.78, 5) is 26.8. The Bertz CT molecular complexity index is 348. The average molecular weight is 297 g/mol. The molecule has 1 aliphatic heterocycles. The van der Waals surface area contributed by atoms with Gasteiger partial charge < -0.3 is 15.3 Å². The van der Waals surface area contributed by atoms with Crippen molar-refractivity contribution in [3.05, 3.63) is 0 Å². The summed E-state index contributed by atoms with van der Waals surface area (Å²) < 4.78 is 0. The minimum absolute atomic E-state index is 0.00334. The third-order valence-corrected chi connectivity index (χ3v) is 4.54. The van der Waals surface area contributed by atoms with E-state index in [-0.39, 0.29) is 12.5 Å². The van der Waals surface area contributed by atoms with Gasteiger partial charge in [-0.05, 0) is 25.7 Å². The fourth-order valence-corrected chi connectivity index (χ4v) is 3.27. The molecule has 2 fully saturated rings. The molecular formula is C15H27N3O3. The van der Waals surface area contributed by atoms with Crippen LogP contribution in [0, 0.1) is 0 Å². The number of carbonyl (C=O) groups is 2. The summed E-state index contributed by atoms with van der Waals surface area (Å²) in [6.45, 7) is 4.14. The SMILES string of the molecule is O=C(O)CCCCNC(=O)N1CCN(C2CCCC2)CC1. The van der Waals surface area contributed by atoms with Crippen LogP contribution in [0.5, 0.6) is 0 Å². The number of nitrogens with one attached hydrogen (secondary N) is 1. The van der Waals surface area contributed by atoms with E-state index >= 15 is 0 Å². The summed E-state index contributed by atoms with van der Waals surface area (Å²) in [5.74, 6) is -0.774. The van der Waals surface area contributed by atoms with Gasteiger partial charge in [-0.1, -0.05) is 12.8 Å². The fraction of sp³-hybridized carbons (Fsp3) is 0.867. The highest BCUT2D eigenvalue weighted by molar-refractivity contribution is 5.74. The number of unbranched alkanes of at least 4 members (excludes halogenated alkanes) is 1. The van der Waals surface area contributed by atoms with Crippen molar-refractivity contribution in [3.8, 4) is 0 Å². The highest BCUT2D eigenvalue weighted by atomic mass is 16.4. The van der Waals surface area contributed by atoms with Crippen LogP contribution in [0.25, 0.3) is 0 Å². The molecule has 0 aromatic carbocycles. The second kappa shape index (κ2) is 8.22. The molecule has 1 saturated heterocycles. The molecule has 2 amide bonds. The van der Waals surface area contributed by atoms with Crippen LogP contribution in [0.3, 0.4) is 0 Å². The summed E-state index contributed by atoms with van der Waals surface area (Å²) in [7, 11) is 0. The number of nitrogens with zero attached hydrogens (tertiary/aromatic N) is 2. The predicted octanol–water partition coefficient (Wildman–Crippen LogP) is 1.51. The molecule has 6 nitrogen and oxygen atoms in total. The second-order valence-corrected chi connectivity index (χ2v) is 6.04. The van der Waals surface area contributed by atoms with Gasteiger partial charge in [-0.25, -0.2) is 4.79 Å². The summed E-state index contributed by atoms with van der Waals surface area (Å²) >= 11 is 0. The third-order valence-electron chi connectivity index (χ3n) is 4.54. The third kappa shape index (κ3) is 5.19. The molecule has 2 rings (SSSR count). The monoisotopic (exact) mass is 297 g/mol. The largest absolute Gasteiger partial charge is 0.481 e. The second-order valence-electron chi connectivity index (χ2n) is 6.04. The Hall–Kier alpha value is -1.30. The maximum Gasteiger partial charge on any atom is 0.317 e. The van der Waals surface area contributed by atoms with E-state index in [4.69, 9.17) is 5.11 Å². The first-order chi connectivity index (χ1) is 10.2. The van der Waals surface area contributed by atoms with Gasteiger partial charge in [0.25, 0.3) is 0 Å². The minimum Gasteiger partial charge on any atom is -0.481 e. The first-order valence-electron chi connectivity index (χ1n) is 8.15. The van der Waals surface area contributed by atoms with Gasteiger partial charge in [0.1, 0.15) is 0 Å². The number of aliphatic carboxylic acids is 1. The van der Waals surface area contributed by atoms with Crippen LogP contribution in [-0.4, -0.2) is 65.7 Å². The molecule has 0 radical (unpaired) electrons. The van der Waals surface area contributed by atoms with Crippen LogP contribution in [0.1, 0.15) is 44.9 Å². The molecule has 1 saturated carbocycles. The van der Waals surface area contributed by atoms with Crippen molar-refractivity contribution in [3.63, 3.8) is 0 Å². The van der Waals surface area contributed by atoms with Gasteiger partial charge in [-0.2, -0.15) is 0 Å².